The lowest BCUT2D eigenvalue weighted by atomic mass is 10.2. The van der Waals surface area contributed by atoms with Gasteiger partial charge in [0.05, 0.1) is 11.2 Å². The summed E-state index contributed by atoms with van der Waals surface area (Å²) in [6, 6.07) is 10.5. The molecule has 5 heteroatoms. The van der Waals surface area contributed by atoms with E-state index in [1.165, 1.54) is 0 Å². The smallest absolute Gasteiger partial charge is 0.243 e. The Labute approximate surface area is 112 Å². The fraction of sp³-hybridized carbons (Fsp3) is 0.286. The van der Waals surface area contributed by atoms with Gasteiger partial charge in [-0.05, 0) is 37.1 Å². The maximum atomic E-state index is 12.6. The van der Waals surface area contributed by atoms with Gasteiger partial charge in [0, 0.05) is 18.7 Å². The Balaban J connectivity index is 2.10. The Hall–Kier alpha value is -1.59. The molecule has 0 N–H and O–H groups in total. The van der Waals surface area contributed by atoms with Gasteiger partial charge in [-0.2, -0.15) is 4.31 Å². The zero-order chi connectivity index (χ0) is 13.3. The largest absolute Gasteiger partial charge is 0.464 e. The zero-order valence-corrected chi connectivity index (χ0v) is 11.3. The summed E-state index contributed by atoms with van der Waals surface area (Å²) < 4.78 is 32.2. The minimum absolute atomic E-state index is 0.326. The number of rotatable bonds is 3. The van der Waals surface area contributed by atoms with Gasteiger partial charge in [-0.25, -0.2) is 8.42 Å². The zero-order valence-electron chi connectivity index (χ0n) is 10.5. The molecule has 3 rings (SSSR count). The molecule has 100 valence electrons. The lowest BCUT2D eigenvalue weighted by Gasteiger charge is -2.17. The van der Waals surface area contributed by atoms with Crippen LogP contribution in [0.2, 0.25) is 0 Å². The Morgan fingerprint density at radius 3 is 2.42 bits per heavy atom. The quantitative estimate of drug-likeness (QED) is 0.866. The molecule has 0 unspecified atom stereocenters. The second kappa shape index (κ2) is 4.83. The first kappa shape index (κ1) is 12.4. The number of sulfonamides is 1. The molecule has 1 aromatic heterocycles. The van der Waals surface area contributed by atoms with E-state index >= 15 is 0 Å². The van der Waals surface area contributed by atoms with Crippen LogP contribution in [0.5, 0.6) is 0 Å². The Kier molecular flexibility index (Phi) is 3.16. The molecule has 0 radical (unpaired) electrons. The van der Waals surface area contributed by atoms with E-state index in [1.54, 1.807) is 40.9 Å². The van der Waals surface area contributed by atoms with Crippen LogP contribution in [0, 0.1) is 0 Å². The van der Waals surface area contributed by atoms with Crippen molar-refractivity contribution in [2.24, 2.45) is 0 Å². The van der Waals surface area contributed by atoms with Gasteiger partial charge >= 0.3 is 0 Å². The van der Waals surface area contributed by atoms with Gasteiger partial charge in [-0.3, -0.25) is 0 Å². The first-order valence-corrected chi connectivity index (χ1v) is 7.77. The average Bonchev–Trinajstić information content (AvgIpc) is 3.12. The van der Waals surface area contributed by atoms with E-state index in [2.05, 4.69) is 0 Å². The Morgan fingerprint density at radius 2 is 1.74 bits per heavy atom. The molecule has 19 heavy (non-hydrogen) atoms. The summed E-state index contributed by atoms with van der Waals surface area (Å²) in [5.74, 6) is 0.582. The van der Waals surface area contributed by atoms with Gasteiger partial charge in [0.2, 0.25) is 10.0 Å². The predicted octanol–water partition coefficient (Wildman–Crippen LogP) is 2.73. The monoisotopic (exact) mass is 277 g/mol. The first-order valence-electron chi connectivity index (χ1n) is 6.33. The summed E-state index contributed by atoms with van der Waals surface area (Å²) in [7, 11) is -3.42. The van der Waals surface area contributed by atoms with Gasteiger partial charge in [-0.1, -0.05) is 12.1 Å². The van der Waals surface area contributed by atoms with Crippen LogP contribution in [0.4, 0.5) is 0 Å². The van der Waals surface area contributed by atoms with Crippen LogP contribution in [0.25, 0.3) is 11.3 Å². The predicted molar refractivity (Wildman–Crippen MR) is 72.1 cm³/mol. The van der Waals surface area contributed by atoms with Crippen LogP contribution in [0.1, 0.15) is 12.8 Å². The SMILES string of the molecule is O=S(=O)(c1ccccc1-c1ccco1)N1CCCC1. The van der Waals surface area contributed by atoms with Crippen LogP contribution >= 0.6 is 0 Å². The molecule has 4 nitrogen and oxygen atoms in total. The molecule has 0 amide bonds. The van der Waals surface area contributed by atoms with Crippen LogP contribution in [-0.4, -0.2) is 25.8 Å². The third kappa shape index (κ3) is 2.19. The van der Waals surface area contributed by atoms with Crippen molar-refractivity contribution in [1.29, 1.82) is 0 Å². The highest BCUT2D eigenvalue weighted by Crippen LogP contribution is 2.30. The second-order valence-electron chi connectivity index (χ2n) is 4.58. The molecule has 0 aliphatic carbocycles. The molecule has 1 aromatic carbocycles. The van der Waals surface area contributed by atoms with Crippen molar-refractivity contribution in [3.05, 3.63) is 42.7 Å². The summed E-state index contributed by atoms with van der Waals surface area (Å²) in [5.41, 5.74) is 0.624. The topological polar surface area (TPSA) is 50.5 Å². The van der Waals surface area contributed by atoms with Crippen molar-refractivity contribution in [3.8, 4) is 11.3 Å². The molecule has 1 aliphatic rings. The summed E-state index contributed by atoms with van der Waals surface area (Å²) in [6.07, 6.45) is 3.42. The third-order valence-electron chi connectivity index (χ3n) is 3.36. The molecule has 0 saturated carbocycles. The molecule has 0 atom stereocenters. The standard InChI is InChI=1S/C14H15NO3S/c16-19(17,15-9-3-4-10-15)14-8-2-1-6-12(14)13-7-5-11-18-13/h1-2,5-8,11H,3-4,9-10H2. The maximum Gasteiger partial charge on any atom is 0.243 e. The number of hydrogen-bond donors (Lipinski definition) is 0. The minimum atomic E-state index is -3.42. The summed E-state index contributed by atoms with van der Waals surface area (Å²) in [6.45, 7) is 1.21. The third-order valence-corrected chi connectivity index (χ3v) is 5.31. The van der Waals surface area contributed by atoms with E-state index in [9.17, 15) is 8.42 Å². The minimum Gasteiger partial charge on any atom is -0.464 e. The molecule has 0 spiro atoms. The van der Waals surface area contributed by atoms with Crippen molar-refractivity contribution in [3.63, 3.8) is 0 Å². The van der Waals surface area contributed by atoms with Crippen molar-refractivity contribution in [1.82, 2.24) is 4.31 Å². The molecular formula is C14H15NO3S. The number of nitrogens with zero attached hydrogens (tertiary/aromatic N) is 1. The van der Waals surface area contributed by atoms with Crippen LogP contribution < -0.4 is 0 Å². The molecule has 2 heterocycles. The number of hydrogen-bond acceptors (Lipinski definition) is 3. The maximum absolute atomic E-state index is 12.6. The normalized spacial score (nSPS) is 16.8. The number of benzene rings is 1. The van der Waals surface area contributed by atoms with E-state index in [1.807, 2.05) is 6.07 Å². The van der Waals surface area contributed by atoms with Crippen molar-refractivity contribution in [2.45, 2.75) is 17.7 Å². The summed E-state index contributed by atoms with van der Waals surface area (Å²) in [5, 5.41) is 0. The highest BCUT2D eigenvalue weighted by Gasteiger charge is 2.29. The van der Waals surface area contributed by atoms with E-state index in [4.69, 9.17) is 4.42 Å². The van der Waals surface area contributed by atoms with Crippen LogP contribution in [0.15, 0.2) is 52.0 Å². The lowest BCUT2D eigenvalue weighted by Crippen LogP contribution is -2.28. The second-order valence-corrected chi connectivity index (χ2v) is 6.49. The average molecular weight is 277 g/mol. The molecule has 1 aliphatic heterocycles. The van der Waals surface area contributed by atoms with E-state index in [0.29, 0.717) is 29.3 Å². The molecule has 2 aromatic rings. The molecule has 1 fully saturated rings. The van der Waals surface area contributed by atoms with Crippen molar-refractivity contribution in [2.75, 3.05) is 13.1 Å². The van der Waals surface area contributed by atoms with Gasteiger partial charge in [0.15, 0.2) is 0 Å². The Bertz CT molecular complexity index is 656. The molecule has 1 saturated heterocycles. The molecule has 0 bridgehead atoms. The highest BCUT2D eigenvalue weighted by molar-refractivity contribution is 7.89. The van der Waals surface area contributed by atoms with Gasteiger partial charge < -0.3 is 4.42 Å². The fourth-order valence-electron chi connectivity index (χ4n) is 2.39. The van der Waals surface area contributed by atoms with Crippen molar-refractivity contribution < 1.29 is 12.8 Å². The number of furan rings is 1. The molecular weight excluding hydrogens is 262 g/mol. The van der Waals surface area contributed by atoms with Gasteiger partial charge in [-0.15, -0.1) is 0 Å². The van der Waals surface area contributed by atoms with Gasteiger partial charge in [0.1, 0.15) is 5.76 Å². The van der Waals surface area contributed by atoms with Crippen molar-refractivity contribution >= 4 is 10.0 Å². The summed E-state index contributed by atoms with van der Waals surface area (Å²) in [4.78, 5) is 0.326. The summed E-state index contributed by atoms with van der Waals surface area (Å²) >= 11 is 0. The van der Waals surface area contributed by atoms with E-state index < -0.39 is 10.0 Å². The van der Waals surface area contributed by atoms with E-state index in [-0.39, 0.29) is 0 Å². The lowest BCUT2D eigenvalue weighted by molar-refractivity contribution is 0.477. The fourth-order valence-corrected chi connectivity index (χ4v) is 4.11. The highest BCUT2D eigenvalue weighted by atomic mass is 32.2. The van der Waals surface area contributed by atoms with Crippen LogP contribution in [0.3, 0.4) is 0 Å². The Morgan fingerprint density at radius 1 is 1.00 bits per heavy atom. The van der Waals surface area contributed by atoms with Crippen LogP contribution in [-0.2, 0) is 10.0 Å². The first-order chi connectivity index (χ1) is 9.19. The van der Waals surface area contributed by atoms with E-state index in [0.717, 1.165) is 12.8 Å². The van der Waals surface area contributed by atoms with Gasteiger partial charge in [0.25, 0.3) is 0 Å².